The summed E-state index contributed by atoms with van der Waals surface area (Å²) in [7, 11) is 4.62. The van der Waals surface area contributed by atoms with Crippen LogP contribution in [0.5, 0.6) is 5.75 Å². The summed E-state index contributed by atoms with van der Waals surface area (Å²) in [4.78, 5) is 2.57. The lowest BCUT2D eigenvalue weighted by Gasteiger charge is -2.32. The average molecular weight is 366 g/mol. The second kappa shape index (κ2) is 10.5. The predicted octanol–water partition coefficient (Wildman–Crippen LogP) is 3.53. The van der Waals surface area contributed by atoms with Crippen molar-refractivity contribution in [2.24, 2.45) is 0 Å². The van der Waals surface area contributed by atoms with Crippen LogP contribution in [0.3, 0.4) is 0 Å². The van der Waals surface area contributed by atoms with Crippen molar-refractivity contribution in [2.45, 2.75) is 52.1 Å². The van der Waals surface area contributed by atoms with Crippen LogP contribution < -0.4 is 15.4 Å². The fourth-order valence-electron chi connectivity index (χ4n) is 3.95. The van der Waals surface area contributed by atoms with Crippen LogP contribution in [0, 0.1) is 0 Å². The molecule has 1 N–H and O–H groups in total. The molecular weight excluding hydrogens is 331 g/mol. The first-order valence-electron chi connectivity index (χ1n) is 10.1. The van der Waals surface area contributed by atoms with Gasteiger partial charge < -0.3 is 9.96 Å². The van der Waals surface area contributed by atoms with Gasteiger partial charge in [-0.05, 0) is 59.3 Å². The van der Waals surface area contributed by atoms with E-state index in [0.29, 0.717) is 18.0 Å². The van der Waals surface area contributed by atoms with Crippen LogP contribution in [0.1, 0.15) is 51.2 Å². The van der Waals surface area contributed by atoms with Gasteiger partial charge >= 0.3 is 0 Å². The first-order valence-corrected chi connectivity index (χ1v) is 10.1. The topological polar surface area (TPSA) is 24.5 Å². The van der Waals surface area contributed by atoms with E-state index < -0.39 is 0 Å². The molecular formula is C23H35BN2O. The van der Waals surface area contributed by atoms with E-state index in [1.165, 1.54) is 16.6 Å². The molecule has 0 unspecified atom stereocenters. The summed E-state index contributed by atoms with van der Waals surface area (Å²) in [5.41, 5.74) is 3.92. The molecule has 0 saturated carbocycles. The van der Waals surface area contributed by atoms with Crippen molar-refractivity contribution in [3.63, 3.8) is 0 Å². The lowest BCUT2D eigenvalue weighted by atomic mass is 9.79. The Hall–Kier alpha value is -1.78. The molecule has 0 aliphatic rings. The van der Waals surface area contributed by atoms with Crippen molar-refractivity contribution in [3.8, 4) is 5.75 Å². The number of rotatable bonds is 10. The Morgan fingerprint density at radius 2 is 1.67 bits per heavy atom. The van der Waals surface area contributed by atoms with Crippen LogP contribution in [0.15, 0.2) is 48.5 Å². The molecule has 0 spiro atoms. The van der Waals surface area contributed by atoms with Gasteiger partial charge in [0.2, 0.25) is 7.41 Å². The molecule has 0 radical (unpaired) electrons. The van der Waals surface area contributed by atoms with Gasteiger partial charge in [0.1, 0.15) is 5.75 Å². The highest BCUT2D eigenvalue weighted by Crippen LogP contribution is 2.34. The molecule has 4 heteroatoms. The maximum atomic E-state index is 5.75. The SMILES string of the molecule is CNBc1ccc(OC)c([C@H](CCN(C(C)C)C(C)C)c2ccccc2)c1. The molecule has 2 aromatic carbocycles. The number of nitrogens with one attached hydrogen (secondary N) is 1. The molecule has 27 heavy (non-hydrogen) atoms. The van der Waals surface area contributed by atoms with Crippen LogP contribution >= 0.6 is 0 Å². The van der Waals surface area contributed by atoms with Crippen molar-refractivity contribution in [1.29, 1.82) is 0 Å². The highest BCUT2D eigenvalue weighted by Gasteiger charge is 2.22. The van der Waals surface area contributed by atoms with E-state index in [-0.39, 0.29) is 0 Å². The molecule has 0 aliphatic carbocycles. The summed E-state index contributed by atoms with van der Waals surface area (Å²) in [6.07, 6.45) is 1.07. The van der Waals surface area contributed by atoms with E-state index in [0.717, 1.165) is 26.1 Å². The molecule has 3 nitrogen and oxygen atoms in total. The molecule has 0 aliphatic heterocycles. The summed E-state index contributed by atoms with van der Waals surface area (Å²) >= 11 is 0. The summed E-state index contributed by atoms with van der Waals surface area (Å²) in [6, 6.07) is 18.5. The van der Waals surface area contributed by atoms with Crippen molar-refractivity contribution >= 4 is 12.9 Å². The molecule has 0 bridgehead atoms. The summed E-state index contributed by atoms with van der Waals surface area (Å²) < 4.78 is 5.75. The van der Waals surface area contributed by atoms with Crippen molar-refractivity contribution < 1.29 is 4.74 Å². The number of hydrogen-bond acceptors (Lipinski definition) is 3. The fraction of sp³-hybridized carbons (Fsp3) is 0.478. The highest BCUT2D eigenvalue weighted by atomic mass is 16.5. The van der Waals surface area contributed by atoms with Gasteiger partial charge in [0.25, 0.3) is 0 Å². The molecule has 2 aromatic rings. The molecule has 2 rings (SSSR count). The number of nitrogens with zero attached hydrogens (tertiary/aromatic N) is 1. The summed E-state index contributed by atoms with van der Waals surface area (Å²) in [6.45, 7) is 10.2. The van der Waals surface area contributed by atoms with Crippen LogP contribution in [-0.2, 0) is 0 Å². The second-order valence-electron chi connectivity index (χ2n) is 7.78. The Balaban J connectivity index is 2.40. The first-order chi connectivity index (χ1) is 13.0. The Morgan fingerprint density at radius 1 is 1.00 bits per heavy atom. The minimum Gasteiger partial charge on any atom is -0.496 e. The minimum atomic E-state index is 0.318. The number of benzene rings is 2. The maximum absolute atomic E-state index is 5.75. The van der Waals surface area contributed by atoms with Gasteiger partial charge in [-0.2, -0.15) is 0 Å². The largest absolute Gasteiger partial charge is 0.496 e. The minimum absolute atomic E-state index is 0.318. The standard InChI is InChI=1S/C23H35BN2O/c1-17(2)26(18(3)4)15-14-21(19-10-8-7-9-11-19)22-16-20(24-25-5)12-13-23(22)27-6/h7-13,16-18,21,24-25H,14-15H2,1-6H3/t21-/m1/s1. The quantitative estimate of drug-likeness (QED) is 0.651. The molecule has 146 valence electrons. The molecule has 0 saturated heterocycles. The van der Waals surface area contributed by atoms with Crippen LogP contribution in [0.2, 0.25) is 0 Å². The van der Waals surface area contributed by atoms with E-state index in [4.69, 9.17) is 4.74 Å². The highest BCUT2D eigenvalue weighted by molar-refractivity contribution is 6.50. The lowest BCUT2D eigenvalue weighted by Crippen LogP contribution is -2.38. The molecule has 0 amide bonds. The third-order valence-electron chi connectivity index (χ3n) is 5.25. The molecule has 0 aromatic heterocycles. The number of methoxy groups -OCH3 is 1. The van der Waals surface area contributed by atoms with Crippen molar-refractivity contribution in [2.75, 3.05) is 20.7 Å². The van der Waals surface area contributed by atoms with Gasteiger partial charge in [-0.1, -0.05) is 47.9 Å². The maximum Gasteiger partial charge on any atom is 0.235 e. The zero-order valence-electron chi connectivity index (χ0n) is 17.8. The molecule has 0 heterocycles. The van der Waals surface area contributed by atoms with E-state index in [9.17, 15) is 0 Å². The van der Waals surface area contributed by atoms with E-state index in [2.05, 4.69) is 86.4 Å². The van der Waals surface area contributed by atoms with Crippen LogP contribution in [0.25, 0.3) is 0 Å². The Morgan fingerprint density at radius 3 is 2.22 bits per heavy atom. The van der Waals surface area contributed by atoms with Gasteiger partial charge in [-0.3, -0.25) is 4.90 Å². The smallest absolute Gasteiger partial charge is 0.235 e. The Bertz CT molecular complexity index is 680. The third kappa shape index (κ3) is 5.85. The zero-order chi connectivity index (χ0) is 19.8. The van der Waals surface area contributed by atoms with Crippen molar-refractivity contribution in [1.82, 2.24) is 10.1 Å². The average Bonchev–Trinajstić information content (AvgIpc) is 2.65. The summed E-state index contributed by atoms with van der Waals surface area (Å²) in [5, 5.41) is 3.26. The number of ether oxygens (including phenoxy) is 1. The van der Waals surface area contributed by atoms with E-state index in [1.54, 1.807) is 7.11 Å². The van der Waals surface area contributed by atoms with Gasteiger partial charge in [-0.15, -0.1) is 0 Å². The Labute approximate surface area is 166 Å². The summed E-state index contributed by atoms with van der Waals surface area (Å²) in [5.74, 6) is 1.29. The normalized spacial score (nSPS) is 12.6. The van der Waals surface area contributed by atoms with E-state index >= 15 is 0 Å². The van der Waals surface area contributed by atoms with Crippen molar-refractivity contribution in [3.05, 3.63) is 59.7 Å². The second-order valence-corrected chi connectivity index (χ2v) is 7.78. The van der Waals surface area contributed by atoms with Gasteiger partial charge in [-0.25, -0.2) is 0 Å². The van der Waals surface area contributed by atoms with Gasteiger partial charge in [0, 0.05) is 23.6 Å². The van der Waals surface area contributed by atoms with Crippen LogP contribution in [-0.4, -0.2) is 45.1 Å². The first kappa shape index (κ1) is 21.5. The third-order valence-corrected chi connectivity index (χ3v) is 5.25. The predicted molar refractivity (Wildman–Crippen MR) is 119 cm³/mol. The van der Waals surface area contributed by atoms with E-state index in [1.807, 2.05) is 7.05 Å². The van der Waals surface area contributed by atoms with Gasteiger partial charge in [0.15, 0.2) is 0 Å². The lowest BCUT2D eigenvalue weighted by molar-refractivity contribution is 0.170. The monoisotopic (exact) mass is 366 g/mol. The molecule has 1 atom stereocenters. The number of hydrogen-bond donors (Lipinski definition) is 1. The Kier molecular flexibility index (Phi) is 8.40. The van der Waals surface area contributed by atoms with Crippen LogP contribution in [0.4, 0.5) is 0 Å². The zero-order valence-corrected chi connectivity index (χ0v) is 17.8. The van der Waals surface area contributed by atoms with Gasteiger partial charge in [0.05, 0.1) is 7.11 Å². The molecule has 0 fully saturated rings. The fourth-order valence-corrected chi connectivity index (χ4v) is 3.95.